The second-order valence-corrected chi connectivity index (χ2v) is 4.78. The Morgan fingerprint density at radius 1 is 1.42 bits per heavy atom. The molecule has 2 aromatic rings. The van der Waals surface area contributed by atoms with Gasteiger partial charge in [0.25, 0.3) is 0 Å². The van der Waals surface area contributed by atoms with Gasteiger partial charge in [0.1, 0.15) is 6.26 Å². The molecule has 0 saturated carbocycles. The molecule has 0 fully saturated rings. The first-order chi connectivity index (χ1) is 9.24. The third kappa shape index (κ3) is 2.38. The van der Waals surface area contributed by atoms with Gasteiger partial charge in [-0.2, -0.15) is 0 Å². The summed E-state index contributed by atoms with van der Waals surface area (Å²) in [7, 11) is 0. The number of benzene rings is 1. The van der Waals surface area contributed by atoms with Crippen LogP contribution in [0.1, 0.15) is 23.6 Å². The monoisotopic (exact) mass is 256 g/mol. The fourth-order valence-corrected chi connectivity index (χ4v) is 2.49. The van der Waals surface area contributed by atoms with Crippen LogP contribution in [0.3, 0.4) is 0 Å². The maximum Gasteiger partial charge on any atom is 0.227 e. The molecule has 1 aliphatic rings. The van der Waals surface area contributed by atoms with Crippen LogP contribution in [-0.2, 0) is 17.6 Å². The van der Waals surface area contributed by atoms with Crippen LogP contribution < -0.4 is 4.90 Å². The largest absolute Gasteiger partial charge is 0.449 e. The number of rotatable bonds is 3. The standard InChI is InChI=1S/C15H16N2O2/c1-11-16-13(10-19-11)6-7-15(18)17-9-8-12-4-2-3-5-14(12)17/h2-5,10H,6-9H2,1H3. The molecule has 1 aromatic carbocycles. The number of hydrogen-bond donors (Lipinski definition) is 0. The van der Waals surface area contributed by atoms with Gasteiger partial charge in [0.15, 0.2) is 5.89 Å². The lowest BCUT2D eigenvalue weighted by molar-refractivity contribution is -0.118. The predicted octanol–water partition coefficient (Wildman–Crippen LogP) is 2.50. The van der Waals surface area contributed by atoms with Crippen molar-refractivity contribution in [2.45, 2.75) is 26.2 Å². The number of para-hydroxylation sites is 1. The van der Waals surface area contributed by atoms with Crippen LogP contribution in [0.2, 0.25) is 0 Å². The molecule has 0 spiro atoms. The number of carbonyl (C=O) groups is 1. The van der Waals surface area contributed by atoms with Crippen LogP contribution in [0.15, 0.2) is 34.9 Å². The topological polar surface area (TPSA) is 46.3 Å². The molecule has 1 amide bonds. The van der Waals surface area contributed by atoms with Gasteiger partial charge < -0.3 is 9.32 Å². The number of anilines is 1. The molecular formula is C15H16N2O2. The Bertz CT molecular complexity index is 604. The quantitative estimate of drug-likeness (QED) is 0.847. The molecule has 0 unspecified atom stereocenters. The summed E-state index contributed by atoms with van der Waals surface area (Å²) >= 11 is 0. The van der Waals surface area contributed by atoms with Crippen LogP contribution in [0.4, 0.5) is 5.69 Å². The first-order valence-corrected chi connectivity index (χ1v) is 6.53. The number of nitrogens with zero attached hydrogens (tertiary/aromatic N) is 2. The van der Waals surface area contributed by atoms with Crippen molar-refractivity contribution >= 4 is 11.6 Å². The number of oxazole rings is 1. The molecule has 0 atom stereocenters. The van der Waals surface area contributed by atoms with E-state index in [-0.39, 0.29) is 5.91 Å². The van der Waals surface area contributed by atoms with Gasteiger partial charge in [-0.3, -0.25) is 4.79 Å². The van der Waals surface area contributed by atoms with Gasteiger partial charge >= 0.3 is 0 Å². The van der Waals surface area contributed by atoms with Crippen molar-refractivity contribution in [2.75, 3.05) is 11.4 Å². The van der Waals surface area contributed by atoms with Crippen LogP contribution in [0.25, 0.3) is 0 Å². The lowest BCUT2D eigenvalue weighted by Gasteiger charge is -2.16. The molecular weight excluding hydrogens is 240 g/mol. The second-order valence-electron chi connectivity index (χ2n) is 4.78. The molecule has 1 aromatic heterocycles. The van der Waals surface area contributed by atoms with Gasteiger partial charge in [-0.25, -0.2) is 4.98 Å². The van der Waals surface area contributed by atoms with Gasteiger partial charge in [0.05, 0.1) is 5.69 Å². The van der Waals surface area contributed by atoms with E-state index in [9.17, 15) is 4.79 Å². The molecule has 0 radical (unpaired) electrons. The lowest BCUT2D eigenvalue weighted by atomic mass is 10.2. The number of hydrogen-bond acceptors (Lipinski definition) is 3. The molecule has 3 rings (SSSR count). The Kier molecular flexibility index (Phi) is 3.07. The summed E-state index contributed by atoms with van der Waals surface area (Å²) in [5.41, 5.74) is 3.16. The van der Waals surface area contributed by atoms with E-state index >= 15 is 0 Å². The summed E-state index contributed by atoms with van der Waals surface area (Å²) in [4.78, 5) is 18.3. The Morgan fingerprint density at radius 3 is 3.05 bits per heavy atom. The highest BCUT2D eigenvalue weighted by molar-refractivity contribution is 5.95. The number of amides is 1. The molecule has 4 nitrogen and oxygen atoms in total. The zero-order valence-electron chi connectivity index (χ0n) is 10.9. The Balaban J connectivity index is 1.66. The van der Waals surface area contributed by atoms with Gasteiger partial charge in [0, 0.05) is 32.0 Å². The van der Waals surface area contributed by atoms with E-state index in [0.29, 0.717) is 18.7 Å². The lowest BCUT2D eigenvalue weighted by Crippen LogP contribution is -2.29. The van der Waals surface area contributed by atoms with Crippen molar-refractivity contribution in [1.82, 2.24) is 4.98 Å². The number of aryl methyl sites for hydroxylation is 2. The minimum Gasteiger partial charge on any atom is -0.449 e. The minimum atomic E-state index is 0.158. The fourth-order valence-electron chi connectivity index (χ4n) is 2.49. The first kappa shape index (κ1) is 12.0. The summed E-state index contributed by atoms with van der Waals surface area (Å²) in [6.07, 6.45) is 3.68. The highest BCUT2D eigenvalue weighted by Gasteiger charge is 2.23. The highest BCUT2D eigenvalue weighted by Crippen LogP contribution is 2.28. The SMILES string of the molecule is Cc1nc(CCC(=O)N2CCc3ccccc32)co1. The molecule has 0 N–H and O–H groups in total. The Morgan fingerprint density at radius 2 is 2.26 bits per heavy atom. The molecule has 1 aliphatic heterocycles. The van der Waals surface area contributed by atoms with E-state index in [0.717, 1.165) is 24.3 Å². The summed E-state index contributed by atoms with van der Waals surface area (Å²) in [5.74, 6) is 0.805. The van der Waals surface area contributed by atoms with Crippen molar-refractivity contribution in [3.8, 4) is 0 Å². The van der Waals surface area contributed by atoms with E-state index in [4.69, 9.17) is 4.42 Å². The van der Waals surface area contributed by atoms with E-state index in [1.165, 1.54) is 5.56 Å². The summed E-state index contributed by atoms with van der Waals surface area (Å²) < 4.78 is 5.14. The minimum absolute atomic E-state index is 0.158. The zero-order chi connectivity index (χ0) is 13.2. The summed E-state index contributed by atoms with van der Waals surface area (Å²) in [6, 6.07) is 8.10. The van der Waals surface area contributed by atoms with Crippen LogP contribution >= 0.6 is 0 Å². The highest BCUT2D eigenvalue weighted by atomic mass is 16.3. The molecule has 19 heavy (non-hydrogen) atoms. The first-order valence-electron chi connectivity index (χ1n) is 6.53. The van der Waals surface area contributed by atoms with Crippen molar-refractivity contribution in [3.05, 3.63) is 47.7 Å². The van der Waals surface area contributed by atoms with Gasteiger partial charge in [-0.1, -0.05) is 18.2 Å². The molecule has 4 heteroatoms. The third-order valence-electron chi connectivity index (χ3n) is 3.45. The Labute approximate surface area is 112 Å². The molecule has 0 saturated heterocycles. The number of fused-ring (bicyclic) bond motifs is 1. The smallest absolute Gasteiger partial charge is 0.227 e. The van der Waals surface area contributed by atoms with E-state index in [1.807, 2.05) is 30.0 Å². The molecule has 98 valence electrons. The van der Waals surface area contributed by atoms with Crippen molar-refractivity contribution in [2.24, 2.45) is 0 Å². The summed E-state index contributed by atoms with van der Waals surface area (Å²) in [5, 5.41) is 0. The number of aromatic nitrogens is 1. The molecule has 2 heterocycles. The fraction of sp³-hybridized carbons (Fsp3) is 0.333. The van der Waals surface area contributed by atoms with Gasteiger partial charge in [0.2, 0.25) is 5.91 Å². The molecule has 0 bridgehead atoms. The maximum absolute atomic E-state index is 12.3. The predicted molar refractivity (Wildman–Crippen MR) is 72.1 cm³/mol. The van der Waals surface area contributed by atoms with E-state index in [2.05, 4.69) is 11.1 Å². The Hall–Kier alpha value is -2.10. The zero-order valence-corrected chi connectivity index (χ0v) is 10.9. The van der Waals surface area contributed by atoms with Crippen LogP contribution in [-0.4, -0.2) is 17.4 Å². The normalized spacial score (nSPS) is 13.6. The van der Waals surface area contributed by atoms with Crippen molar-refractivity contribution in [1.29, 1.82) is 0 Å². The number of carbonyl (C=O) groups excluding carboxylic acids is 1. The van der Waals surface area contributed by atoms with Crippen molar-refractivity contribution in [3.63, 3.8) is 0 Å². The van der Waals surface area contributed by atoms with Gasteiger partial charge in [-0.05, 0) is 18.1 Å². The average Bonchev–Trinajstić information content (AvgIpc) is 3.02. The third-order valence-corrected chi connectivity index (χ3v) is 3.45. The summed E-state index contributed by atoms with van der Waals surface area (Å²) in [6.45, 7) is 2.60. The van der Waals surface area contributed by atoms with E-state index in [1.54, 1.807) is 6.26 Å². The molecule has 0 aliphatic carbocycles. The maximum atomic E-state index is 12.3. The van der Waals surface area contributed by atoms with Crippen LogP contribution in [0, 0.1) is 6.92 Å². The van der Waals surface area contributed by atoms with E-state index < -0.39 is 0 Å². The second kappa shape index (κ2) is 4.88. The van der Waals surface area contributed by atoms with Gasteiger partial charge in [-0.15, -0.1) is 0 Å². The van der Waals surface area contributed by atoms with Crippen molar-refractivity contribution < 1.29 is 9.21 Å². The average molecular weight is 256 g/mol. The van der Waals surface area contributed by atoms with Crippen LogP contribution in [0.5, 0.6) is 0 Å².